The fourth-order valence-corrected chi connectivity index (χ4v) is 7.04. The van der Waals surface area contributed by atoms with Gasteiger partial charge in [0.05, 0.1) is 22.8 Å². The van der Waals surface area contributed by atoms with Crippen LogP contribution in [0.1, 0.15) is 90.5 Å². The normalized spacial score (nSPS) is 19.6. The van der Waals surface area contributed by atoms with Crippen LogP contribution in [0.25, 0.3) is 0 Å². The summed E-state index contributed by atoms with van der Waals surface area (Å²) in [7, 11) is -5.43. The molecule has 3 heterocycles. The molecule has 0 spiro atoms. The zero-order chi connectivity index (χ0) is 31.3. The molecule has 0 radical (unpaired) electrons. The lowest BCUT2D eigenvalue weighted by molar-refractivity contribution is 0.580. The number of hydrogen-bond donors (Lipinski definition) is 0. The van der Waals surface area contributed by atoms with Crippen molar-refractivity contribution in [2.75, 3.05) is 7.05 Å². The largest absolute Gasteiger partial charge is 0.366 e. The average molecular weight is 636 g/mol. The van der Waals surface area contributed by atoms with Gasteiger partial charge in [-0.2, -0.15) is 25.6 Å². The highest BCUT2D eigenvalue weighted by atomic mass is 32.2. The fraction of sp³-hybridized carbons (Fsp3) is 0.769. The van der Waals surface area contributed by atoms with Crippen LogP contribution in [0.15, 0.2) is 26.4 Å². The molecular weight excluding hydrogens is 587 g/mol. The van der Waals surface area contributed by atoms with Gasteiger partial charge in [-0.15, -0.1) is 17.6 Å². The number of hydrogen-bond acceptors (Lipinski definition) is 6. The van der Waals surface area contributed by atoms with Crippen molar-refractivity contribution in [3.05, 3.63) is 0 Å². The van der Waals surface area contributed by atoms with Gasteiger partial charge in [-0.1, -0.05) is 90.5 Å². The number of rotatable bonds is 6. The lowest BCUT2D eigenvalue weighted by atomic mass is 9.96. The van der Waals surface area contributed by atoms with E-state index in [2.05, 4.69) is 26.4 Å². The van der Waals surface area contributed by atoms with Gasteiger partial charge in [-0.05, 0) is 23.7 Å². The molecule has 0 bridgehead atoms. The molecule has 3 aliphatic heterocycles. The van der Waals surface area contributed by atoms with Crippen LogP contribution in [-0.2, 0) is 31.6 Å². The molecule has 0 atom stereocenters. The molecule has 0 amide bonds. The molecule has 0 aromatic rings. The lowest BCUT2D eigenvalue weighted by Crippen LogP contribution is -2.42. The number of nitrogens with zero attached hydrogens (tertiary/aromatic N) is 7. The van der Waals surface area contributed by atoms with Crippen molar-refractivity contribution in [1.82, 2.24) is 4.90 Å². The fourth-order valence-electron chi connectivity index (χ4n) is 3.73. The first kappa shape index (κ1) is 38.9. The van der Waals surface area contributed by atoms with Gasteiger partial charge < -0.3 is 4.90 Å². The molecule has 3 aliphatic rings. The third kappa shape index (κ3) is 11.2. The molecule has 0 N–H and O–H groups in total. The standard InChI is InChI=1S/C9H17N3O2S.C8H14N2O2S.C8H14N2OS.CH4/c1-6(2)8-10-15(13,14)11-9(7(3)4)12(8)5;1-5(2)7-8(6(3)4)10-13(11,12)9-7;1-5(2)7-8(6(3)4)10-12(11)9-7;/h6-7H,1-5H3;5-6H,1-4H3;5-6H,1-4H3;1H4. The Hall–Kier alpha value is -2.13. The van der Waals surface area contributed by atoms with E-state index < -0.39 is 31.6 Å². The Morgan fingerprint density at radius 1 is 0.512 bits per heavy atom. The quantitative estimate of drug-likeness (QED) is 0.393. The van der Waals surface area contributed by atoms with Gasteiger partial charge in [0, 0.05) is 18.9 Å². The third-order valence-electron chi connectivity index (χ3n) is 5.63. The summed E-state index contributed by atoms with van der Waals surface area (Å²) in [6.45, 7) is 23.5. The summed E-state index contributed by atoms with van der Waals surface area (Å²) in [6.07, 6.45) is 0. The molecule has 0 aromatic heterocycles. The Bertz CT molecular complexity index is 1280. The first-order chi connectivity index (χ1) is 18.1. The predicted octanol–water partition coefficient (Wildman–Crippen LogP) is 5.13. The number of amidine groups is 2. The molecule has 0 aliphatic carbocycles. The average Bonchev–Trinajstić information content (AvgIpc) is 3.35. The SMILES string of the molecule is C.CC(C)C1=NS(=O)(=O)N=C(C(C)C)N1C.CC(C)C1=NS(=O)(=O)N=C1C(C)C.CC(C)C1=NS(=O)N=C1C(C)C. The van der Waals surface area contributed by atoms with Gasteiger partial charge in [0.1, 0.15) is 11.7 Å². The maximum Gasteiger partial charge on any atom is 0.366 e. The van der Waals surface area contributed by atoms with Crippen LogP contribution in [0.3, 0.4) is 0 Å². The van der Waals surface area contributed by atoms with Gasteiger partial charge >= 0.3 is 20.4 Å². The molecule has 0 saturated carbocycles. The highest BCUT2D eigenvalue weighted by Crippen LogP contribution is 2.19. The molecule has 41 heavy (non-hydrogen) atoms. The van der Waals surface area contributed by atoms with Crippen molar-refractivity contribution in [1.29, 1.82) is 0 Å². The van der Waals surface area contributed by atoms with Crippen molar-refractivity contribution >= 4 is 66.1 Å². The van der Waals surface area contributed by atoms with Crippen molar-refractivity contribution in [3.8, 4) is 0 Å². The van der Waals surface area contributed by atoms with E-state index in [1.807, 2.05) is 83.1 Å². The lowest BCUT2D eigenvalue weighted by Gasteiger charge is -2.29. The molecular formula is C26H49N7O5S3. The van der Waals surface area contributed by atoms with E-state index in [-0.39, 0.29) is 31.1 Å². The molecule has 0 aromatic carbocycles. The van der Waals surface area contributed by atoms with E-state index in [1.165, 1.54) is 0 Å². The van der Waals surface area contributed by atoms with Gasteiger partial charge in [0.25, 0.3) is 11.2 Å². The second kappa shape index (κ2) is 15.4. The summed E-state index contributed by atoms with van der Waals surface area (Å²) in [6, 6.07) is 0. The minimum Gasteiger partial charge on any atom is -0.319 e. The van der Waals surface area contributed by atoms with Gasteiger partial charge in [0.15, 0.2) is 0 Å². The molecule has 3 rings (SSSR count). The molecule has 15 heteroatoms. The highest BCUT2D eigenvalue weighted by molar-refractivity contribution is 7.89. The molecule has 0 fully saturated rings. The second-order valence-corrected chi connectivity index (χ2v) is 14.8. The Kier molecular flexibility index (Phi) is 14.6. The third-order valence-corrected chi connectivity index (χ3v) is 8.03. The Morgan fingerprint density at radius 2 is 0.780 bits per heavy atom. The van der Waals surface area contributed by atoms with E-state index in [4.69, 9.17) is 0 Å². The van der Waals surface area contributed by atoms with Gasteiger partial charge in [0.2, 0.25) is 0 Å². The van der Waals surface area contributed by atoms with Crippen LogP contribution in [0, 0.1) is 35.5 Å². The molecule has 0 saturated heterocycles. The zero-order valence-corrected chi connectivity index (χ0v) is 28.3. The van der Waals surface area contributed by atoms with E-state index in [0.29, 0.717) is 34.9 Å². The Labute approximate surface area is 250 Å². The van der Waals surface area contributed by atoms with E-state index >= 15 is 0 Å². The van der Waals surface area contributed by atoms with Crippen LogP contribution in [0.2, 0.25) is 0 Å². The van der Waals surface area contributed by atoms with E-state index in [1.54, 1.807) is 11.9 Å². The highest BCUT2D eigenvalue weighted by Gasteiger charge is 2.29. The summed E-state index contributed by atoms with van der Waals surface area (Å²) in [5.74, 6) is 2.08. The maximum atomic E-state index is 11.4. The van der Waals surface area contributed by atoms with Crippen molar-refractivity contribution in [3.63, 3.8) is 0 Å². The summed E-state index contributed by atoms with van der Waals surface area (Å²) < 4.78 is 78.5. The van der Waals surface area contributed by atoms with Crippen molar-refractivity contribution < 1.29 is 21.0 Å². The first-order valence-electron chi connectivity index (χ1n) is 13.3. The van der Waals surface area contributed by atoms with Crippen LogP contribution in [0.5, 0.6) is 0 Å². The second-order valence-electron chi connectivity index (χ2n) is 11.4. The topological polar surface area (TPSA) is 163 Å². The van der Waals surface area contributed by atoms with Crippen LogP contribution >= 0.6 is 0 Å². The van der Waals surface area contributed by atoms with Crippen molar-refractivity contribution in [2.45, 2.75) is 90.5 Å². The monoisotopic (exact) mass is 635 g/mol. The van der Waals surface area contributed by atoms with Gasteiger partial charge in [-0.25, -0.2) is 4.21 Å². The molecule has 12 nitrogen and oxygen atoms in total. The summed E-state index contributed by atoms with van der Waals surface area (Å²) in [5, 5.41) is 0. The molecule has 236 valence electrons. The summed E-state index contributed by atoms with van der Waals surface area (Å²) in [4.78, 5) is 1.76. The van der Waals surface area contributed by atoms with Crippen molar-refractivity contribution in [2.24, 2.45) is 61.9 Å². The molecule has 0 unspecified atom stereocenters. The minimum absolute atomic E-state index is 0. The zero-order valence-electron chi connectivity index (χ0n) is 25.9. The Balaban J connectivity index is 0.000000582. The van der Waals surface area contributed by atoms with Crippen LogP contribution in [0.4, 0.5) is 0 Å². The maximum absolute atomic E-state index is 11.4. The van der Waals surface area contributed by atoms with Gasteiger partial charge in [-0.3, -0.25) is 0 Å². The van der Waals surface area contributed by atoms with Crippen LogP contribution in [-0.4, -0.2) is 67.5 Å². The predicted molar refractivity (Wildman–Crippen MR) is 174 cm³/mol. The van der Waals surface area contributed by atoms with Crippen LogP contribution < -0.4 is 0 Å². The summed E-state index contributed by atoms with van der Waals surface area (Å²) >= 11 is -1.35. The smallest absolute Gasteiger partial charge is 0.319 e. The van der Waals surface area contributed by atoms with E-state index in [9.17, 15) is 21.0 Å². The minimum atomic E-state index is -3.67. The van der Waals surface area contributed by atoms with E-state index in [0.717, 1.165) is 11.4 Å². The first-order valence-corrected chi connectivity index (χ1v) is 17.2. The summed E-state index contributed by atoms with van der Waals surface area (Å²) in [5.41, 5.74) is 3.02. The Morgan fingerprint density at radius 3 is 1.02 bits per heavy atom.